The second-order valence-corrected chi connectivity index (χ2v) is 5.30. The Hall–Kier alpha value is -1.06. The van der Waals surface area contributed by atoms with Gasteiger partial charge in [-0.25, -0.2) is 0 Å². The predicted octanol–water partition coefficient (Wildman–Crippen LogP) is 3.76. The normalized spacial score (nSPS) is 10.9. The van der Waals surface area contributed by atoms with Crippen LogP contribution < -0.4 is 5.32 Å². The van der Waals surface area contributed by atoms with Gasteiger partial charge in [0.05, 0.1) is 6.54 Å². The first-order chi connectivity index (χ1) is 8.31. The molecule has 0 aliphatic rings. The summed E-state index contributed by atoms with van der Waals surface area (Å²) in [5, 5.41) is 3.41. The molecule has 0 saturated carbocycles. The average Bonchev–Trinajstić information content (AvgIpc) is 2.97. The summed E-state index contributed by atoms with van der Waals surface area (Å²) in [6, 6.07) is 8.52. The van der Waals surface area contributed by atoms with E-state index >= 15 is 0 Å². The molecule has 2 aromatic heterocycles. The SMILES string of the molecule is CCc1ccc(CNCc2ccc(CC)s2)o1. The first-order valence-corrected chi connectivity index (χ1v) is 6.99. The van der Waals surface area contributed by atoms with Gasteiger partial charge in [0.1, 0.15) is 11.5 Å². The third-order valence-electron chi connectivity index (χ3n) is 2.73. The lowest BCUT2D eigenvalue weighted by atomic mass is 10.3. The van der Waals surface area contributed by atoms with E-state index in [9.17, 15) is 0 Å². The van der Waals surface area contributed by atoms with Crippen LogP contribution in [0.2, 0.25) is 0 Å². The Morgan fingerprint density at radius 3 is 2.35 bits per heavy atom. The molecule has 0 radical (unpaired) electrons. The summed E-state index contributed by atoms with van der Waals surface area (Å²) in [5.41, 5.74) is 0. The second-order valence-electron chi connectivity index (χ2n) is 4.05. The number of furan rings is 1. The van der Waals surface area contributed by atoms with Crippen molar-refractivity contribution in [2.75, 3.05) is 0 Å². The smallest absolute Gasteiger partial charge is 0.117 e. The van der Waals surface area contributed by atoms with Crippen LogP contribution in [0.5, 0.6) is 0 Å². The van der Waals surface area contributed by atoms with Crippen molar-refractivity contribution in [3.63, 3.8) is 0 Å². The van der Waals surface area contributed by atoms with Gasteiger partial charge in [-0.2, -0.15) is 0 Å². The van der Waals surface area contributed by atoms with E-state index in [4.69, 9.17) is 4.42 Å². The molecule has 2 aromatic rings. The monoisotopic (exact) mass is 249 g/mol. The van der Waals surface area contributed by atoms with Gasteiger partial charge in [0.25, 0.3) is 0 Å². The minimum Gasteiger partial charge on any atom is -0.465 e. The van der Waals surface area contributed by atoms with Crippen LogP contribution in [0.1, 0.15) is 35.1 Å². The molecule has 92 valence electrons. The van der Waals surface area contributed by atoms with E-state index in [0.29, 0.717) is 0 Å². The van der Waals surface area contributed by atoms with Crippen molar-refractivity contribution < 1.29 is 4.42 Å². The molecule has 0 spiro atoms. The topological polar surface area (TPSA) is 25.2 Å². The Morgan fingerprint density at radius 2 is 1.71 bits per heavy atom. The zero-order valence-corrected chi connectivity index (χ0v) is 11.3. The zero-order chi connectivity index (χ0) is 12.1. The van der Waals surface area contributed by atoms with Crippen LogP contribution in [0.25, 0.3) is 0 Å². The van der Waals surface area contributed by atoms with Gasteiger partial charge < -0.3 is 9.73 Å². The Labute approximate surface area is 107 Å². The van der Waals surface area contributed by atoms with Crippen molar-refractivity contribution in [3.05, 3.63) is 45.5 Å². The minimum atomic E-state index is 0.805. The molecule has 0 fully saturated rings. The van der Waals surface area contributed by atoms with Crippen LogP contribution in [-0.2, 0) is 25.9 Å². The number of thiophene rings is 1. The van der Waals surface area contributed by atoms with Crippen LogP contribution >= 0.6 is 11.3 Å². The van der Waals surface area contributed by atoms with Gasteiger partial charge in [-0.1, -0.05) is 13.8 Å². The third kappa shape index (κ3) is 3.45. The molecule has 0 amide bonds. The highest BCUT2D eigenvalue weighted by atomic mass is 32.1. The summed E-state index contributed by atoms with van der Waals surface area (Å²) in [6.07, 6.45) is 2.09. The molecule has 2 nitrogen and oxygen atoms in total. The number of rotatable bonds is 6. The Bertz CT molecular complexity index is 416. The largest absolute Gasteiger partial charge is 0.465 e. The van der Waals surface area contributed by atoms with Crippen LogP contribution in [0.3, 0.4) is 0 Å². The molecule has 2 heterocycles. The average molecular weight is 249 g/mol. The standard InChI is InChI=1S/C14H19NOS/c1-3-11-5-6-12(16-11)9-15-10-14-8-7-13(4-2)17-14/h5-8,15H,3-4,9-10H2,1-2H3. The summed E-state index contributed by atoms with van der Waals surface area (Å²) in [7, 11) is 0. The fourth-order valence-electron chi connectivity index (χ4n) is 1.72. The molecule has 17 heavy (non-hydrogen) atoms. The van der Waals surface area contributed by atoms with Crippen molar-refractivity contribution in [2.45, 2.75) is 39.8 Å². The van der Waals surface area contributed by atoms with Crippen molar-refractivity contribution in [2.24, 2.45) is 0 Å². The second kappa shape index (κ2) is 6.03. The maximum Gasteiger partial charge on any atom is 0.117 e. The molecule has 2 rings (SSSR count). The van der Waals surface area contributed by atoms with E-state index in [-0.39, 0.29) is 0 Å². The highest BCUT2D eigenvalue weighted by molar-refractivity contribution is 7.11. The van der Waals surface area contributed by atoms with Crippen LogP contribution in [0.15, 0.2) is 28.7 Å². The summed E-state index contributed by atoms with van der Waals surface area (Å²) in [4.78, 5) is 2.84. The quantitative estimate of drug-likeness (QED) is 0.843. The van der Waals surface area contributed by atoms with Crippen LogP contribution in [-0.4, -0.2) is 0 Å². The van der Waals surface area contributed by atoms with Gasteiger partial charge in [-0.3, -0.25) is 0 Å². The Morgan fingerprint density at radius 1 is 0.941 bits per heavy atom. The molecular formula is C14H19NOS. The summed E-state index contributed by atoms with van der Waals surface area (Å²) in [6.45, 7) is 6.03. The summed E-state index contributed by atoms with van der Waals surface area (Å²) >= 11 is 1.88. The van der Waals surface area contributed by atoms with Crippen LogP contribution in [0.4, 0.5) is 0 Å². The lowest BCUT2D eigenvalue weighted by molar-refractivity contribution is 0.451. The fraction of sp³-hybridized carbons (Fsp3) is 0.429. The Balaban J connectivity index is 1.79. The van der Waals surface area contributed by atoms with E-state index in [1.807, 2.05) is 11.3 Å². The van der Waals surface area contributed by atoms with E-state index in [2.05, 4.69) is 43.4 Å². The lowest BCUT2D eigenvalue weighted by Gasteiger charge is -2.00. The fourth-order valence-corrected chi connectivity index (χ4v) is 2.65. The Kier molecular flexibility index (Phi) is 4.40. The van der Waals surface area contributed by atoms with Crippen molar-refractivity contribution in [3.8, 4) is 0 Å². The summed E-state index contributed by atoms with van der Waals surface area (Å²) < 4.78 is 5.64. The third-order valence-corrected chi connectivity index (χ3v) is 3.96. The van der Waals surface area contributed by atoms with Gasteiger partial charge >= 0.3 is 0 Å². The molecule has 0 aliphatic carbocycles. The first kappa shape index (κ1) is 12.4. The maximum absolute atomic E-state index is 5.64. The molecule has 0 saturated heterocycles. The van der Waals surface area contributed by atoms with Gasteiger partial charge in [-0.05, 0) is 30.7 Å². The van der Waals surface area contributed by atoms with Gasteiger partial charge in [0.2, 0.25) is 0 Å². The van der Waals surface area contributed by atoms with E-state index in [0.717, 1.165) is 37.5 Å². The zero-order valence-electron chi connectivity index (χ0n) is 10.5. The van der Waals surface area contributed by atoms with Gasteiger partial charge in [0, 0.05) is 22.7 Å². The molecule has 3 heteroatoms. The van der Waals surface area contributed by atoms with Crippen molar-refractivity contribution in [1.82, 2.24) is 5.32 Å². The van der Waals surface area contributed by atoms with E-state index < -0.39 is 0 Å². The van der Waals surface area contributed by atoms with Crippen LogP contribution in [0, 0.1) is 0 Å². The highest BCUT2D eigenvalue weighted by Crippen LogP contribution is 2.16. The number of hydrogen-bond acceptors (Lipinski definition) is 3. The number of aryl methyl sites for hydroxylation is 2. The minimum absolute atomic E-state index is 0.805. The van der Waals surface area contributed by atoms with Gasteiger partial charge in [-0.15, -0.1) is 11.3 Å². The molecule has 0 aliphatic heterocycles. The molecule has 0 bridgehead atoms. The predicted molar refractivity (Wildman–Crippen MR) is 72.3 cm³/mol. The number of nitrogens with one attached hydrogen (secondary N) is 1. The summed E-state index contributed by atoms with van der Waals surface area (Å²) in [5.74, 6) is 2.08. The lowest BCUT2D eigenvalue weighted by Crippen LogP contribution is -2.10. The number of hydrogen-bond donors (Lipinski definition) is 1. The highest BCUT2D eigenvalue weighted by Gasteiger charge is 2.01. The molecule has 1 N–H and O–H groups in total. The van der Waals surface area contributed by atoms with Gasteiger partial charge in [0.15, 0.2) is 0 Å². The first-order valence-electron chi connectivity index (χ1n) is 6.17. The van der Waals surface area contributed by atoms with Crippen molar-refractivity contribution >= 4 is 11.3 Å². The molecular weight excluding hydrogens is 230 g/mol. The molecule has 0 atom stereocenters. The molecule has 0 unspecified atom stereocenters. The molecule has 0 aromatic carbocycles. The van der Waals surface area contributed by atoms with E-state index in [1.54, 1.807) is 0 Å². The van der Waals surface area contributed by atoms with E-state index in [1.165, 1.54) is 9.75 Å². The van der Waals surface area contributed by atoms with Crippen molar-refractivity contribution in [1.29, 1.82) is 0 Å². The maximum atomic E-state index is 5.64.